The van der Waals surface area contributed by atoms with Gasteiger partial charge in [-0.15, -0.1) is 0 Å². The molecule has 0 spiro atoms. The third-order valence-corrected chi connectivity index (χ3v) is 7.78. The van der Waals surface area contributed by atoms with Crippen LogP contribution in [0.1, 0.15) is 47.3 Å². The van der Waals surface area contributed by atoms with Crippen LogP contribution in [0.2, 0.25) is 0 Å². The molecule has 0 unspecified atom stereocenters. The van der Waals surface area contributed by atoms with E-state index in [1.807, 2.05) is 24.3 Å². The number of halogens is 3. The molecular weight excluding hydrogens is 555 g/mol. The number of benzene rings is 3. The molecule has 6 rings (SSSR count). The molecule has 1 saturated heterocycles. The number of rotatable bonds is 9. The normalized spacial score (nSPS) is 17.6. The average molecular weight is 586 g/mol. The Labute approximate surface area is 246 Å². The Kier molecular flexibility index (Phi) is 8.48. The van der Waals surface area contributed by atoms with Crippen molar-refractivity contribution in [2.45, 2.75) is 37.3 Å². The van der Waals surface area contributed by atoms with E-state index < -0.39 is 29.3 Å². The Balaban J connectivity index is 1.10. The Morgan fingerprint density at radius 1 is 1.00 bits per heavy atom. The average Bonchev–Trinajstić information content (AvgIpc) is 3.45. The first kappa shape index (κ1) is 28.6. The number of nitrogens with zero attached hydrogens (tertiary/aromatic N) is 2. The van der Waals surface area contributed by atoms with Crippen LogP contribution in [-0.2, 0) is 16.0 Å². The lowest BCUT2D eigenvalue weighted by Gasteiger charge is -2.29. The van der Waals surface area contributed by atoms with Crippen molar-refractivity contribution < 1.29 is 22.7 Å². The van der Waals surface area contributed by atoms with Gasteiger partial charge in [-0.25, -0.2) is 18.2 Å². The van der Waals surface area contributed by atoms with Crippen molar-refractivity contribution in [3.05, 3.63) is 125 Å². The van der Waals surface area contributed by atoms with E-state index in [1.165, 1.54) is 48.7 Å². The maximum absolute atomic E-state index is 15.0. The fourth-order valence-corrected chi connectivity index (χ4v) is 5.52. The number of aromatic amines is 1. The predicted octanol–water partition coefficient (Wildman–Crippen LogP) is 6.20. The second-order valence-electron chi connectivity index (χ2n) is 10.6. The zero-order chi connectivity index (χ0) is 29.8. The number of hydrogen-bond acceptors (Lipinski definition) is 5. The van der Waals surface area contributed by atoms with Crippen LogP contribution in [0.15, 0.2) is 85.2 Å². The van der Waals surface area contributed by atoms with Gasteiger partial charge in [0.15, 0.2) is 0 Å². The highest BCUT2D eigenvalue weighted by atomic mass is 19.1. The van der Waals surface area contributed by atoms with Crippen LogP contribution in [0.25, 0.3) is 11.0 Å². The van der Waals surface area contributed by atoms with Crippen molar-refractivity contribution >= 4 is 22.6 Å². The van der Waals surface area contributed by atoms with Gasteiger partial charge >= 0.3 is 0 Å². The number of nitrogens with one attached hydrogen (secondary N) is 3. The quantitative estimate of drug-likeness (QED) is 0.192. The third-order valence-electron chi connectivity index (χ3n) is 7.78. The lowest BCUT2D eigenvalue weighted by molar-refractivity contribution is -0.116. The van der Waals surface area contributed by atoms with E-state index in [0.717, 1.165) is 23.1 Å². The van der Waals surface area contributed by atoms with E-state index in [9.17, 15) is 13.6 Å². The van der Waals surface area contributed by atoms with E-state index in [-0.39, 0.29) is 24.1 Å². The lowest BCUT2D eigenvalue weighted by Crippen LogP contribution is -2.41. The van der Waals surface area contributed by atoms with Crippen LogP contribution in [0.5, 0.6) is 0 Å². The Morgan fingerprint density at radius 2 is 1.84 bits per heavy atom. The molecule has 3 N–H and O–H groups in total. The predicted molar refractivity (Wildman–Crippen MR) is 157 cm³/mol. The number of H-pyrrole nitrogens is 1. The summed E-state index contributed by atoms with van der Waals surface area (Å²) in [5.74, 6) is -1.75. The molecular formula is C33H30F3N5O2. The van der Waals surface area contributed by atoms with Crippen LogP contribution in [0.3, 0.4) is 0 Å². The van der Waals surface area contributed by atoms with Gasteiger partial charge in [-0.1, -0.05) is 30.3 Å². The highest BCUT2D eigenvalue weighted by Gasteiger charge is 2.26. The smallest absolute Gasteiger partial charge is 0.225 e. The molecule has 0 saturated carbocycles. The number of pyridine rings is 1. The van der Waals surface area contributed by atoms with Gasteiger partial charge in [-0.2, -0.15) is 0 Å². The zero-order valence-corrected chi connectivity index (χ0v) is 23.2. The molecule has 7 nitrogen and oxygen atoms in total. The van der Waals surface area contributed by atoms with Gasteiger partial charge in [0.2, 0.25) is 5.91 Å². The minimum absolute atomic E-state index is 0.0775. The summed E-state index contributed by atoms with van der Waals surface area (Å²) in [6.45, 7) is 0.983. The van der Waals surface area contributed by atoms with Crippen LogP contribution in [0, 0.1) is 17.5 Å². The minimum atomic E-state index is -0.693. The summed E-state index contributed by atoms with van der Waals surface area (Å²) in [4.78, 5) is 25.0. The molecule has 1 aliphatic rings. The van der Waals surface area contributed by atoms with Crippen LogP contribution in [-0.4, -0.2) is 40.1 Å². The third kappa shape index (κ3) is 6.60. The second-order valence-corrected chi connectivity index (χ2v) is 10.6. The number of hydrogen-bond donors (Lipinski definition) is 3. The number of morpholine rings is 1. The zero-order valence-electron chi connectivity index (χ0n) is 23.2. The van der Waals surface area contributed by atoms with Gasteiger partial charge in [-0.05, 0) is 66.4 Å². The van der Waals surface area contributed by atoms with Gasteiger partial charge in [0.05, 0.1) is 36.0 Å². The molecule has 5 aromatic rings. The highest BCUT2D eigenvalue weighted by Crippen LogP contribution is 2.31. The van der Waals surface area contributed by atoms with E-state index in [0.29, 0.717) is 42.8 Å². The topological polar surface area (TPSA) is 91.9 Å². The first-order valence-corrected chi connectivity index (χ1v) is 14.2. The summed E-state index contributed by atoms with van der Waals surface area (Å²) in [5.41, 5.74) is 3.41. The molecule has 0 radical (unpaired) electrons. The summed E-state index contributed by atoms with van der Waals surface area (Å²) < 4.78 is 49.4. The summed E-state index contributed by atoms with van der Waals surface area (Å²) in [6.07, 6.45) is 3.10. The van der Waals surface area contributed by atoms with Gasteiger partial charge < -0.3 is 20.4 Å². The number of para-hydroxylation sites is 2. The Hall–Kier alpha value is -4.54. The van der Waals surface area contributed by atoms with Crippen LogP contribution >= 0.6 is 0 Å². The number of carbonyl (C=O) groups excluding carboxylic acids is 1. The molecule has 3 aromatic carbocycles. The minimum Gasteiger partial charge on any atom is -0.375 e. The number of anilines is 1. The molecule has 1 fully saturated rings. The monoisotopic (exact) mass is 585 g/mol. The van der Waals surface area contributed by atoms with Crippen LogP contribution in [0.4, 0.5) is 18.9 Å². The standard InChI is InChI=1S/C33H30F3N5O2/c34-21-10-8-20(9-11-21)25(23-14-15-37-18-27(23)36)16-32(42)39-28-7-3-4-26(35)24(28)13-12-22-17-38-31(19-43-22)33-40-29-5-1-2-6-30(29)41-33/h1-11,14-15,18,22,25,31,38H,12-13,16-17,19H2,(H,39,42)(H,40,41)/t22-,25+,31+/m1/s1. The molecule has 220 valence electrons. The molecule has 43 heavy (non-hydrogen) atoms. The SMILES string of the molecule is O=C(C[C@@H](c1ccc(F)cc1)c1ccncc1F)Nc1cccc(F)c1CC[C@@H]1CN[C@H](c2nc3ccccc3[nH]2)CO1. The van der Waals surface area contributed by atoms with Crippen molar-refractivity contribution in [3.63, 3.8) is 0 Å². The van der Waals surface area contributed by atoms with Gasteiger partial charge in [0.25, 0.3) is 0 Å². The van der Waals surface area contributed by atoms with Crippen molar-refractivity contribution in [2.75, 3.05) is 18.5 Å². The van der Waals surface area contributed by atoms with Gasteiger partial charge in [0.1, 0.15) is 23.3 Å². The molecule has 0 aliphatic carbocycles. The molecule has 0 bridgehead atoms. The van der Waals surface area contributed by atoms with Gasteiger partial charge in [-0.3, -0.25) is 9.78 Å². The molecule has 1 amide bonds. The fraction of sp³-hybridized carbons (Fsp3) is 0.242. The van der Waals surface area contributed by atoms with E-state index in [2.05, 4.69) is 25.6 Å². The number of fused-ring (bicyclic) bond motifs is 1. The van der Waals surface area contributed by atoms with Crippen molar-refractivity contribution in [2.24, 2.45) is 0 Å². The Morgan fingerprint density at radius 3 is 2.60 bits per heavy atom. The fourth-order valence-electron chi connectivity index (χ4n) is 5.52. The first-order valence-electron chi connectivity index (χ1n) is 14.2. The maximum atomic E-state index is 15.0. The number of imidazole rings is 1. The van der Waals surface area contributed by atoms with E-state index in [4.69, 9.17) is 4.74 Å². The first-order chi connectivity index (χ1) is 20.9. The largest absolute Gasteiger partial charge is 0.375 e. The number of aromatic nitrogens is 3. The summed E-state index contributed by atoms with van der Waals surface area (Å²) in [7, 11) is 0. The molecule has 3 heterocycles. The van der Waals surface area contributed by atoms with Gasteiger partial charge in [0, 0.05) is 36.3 Å². The summed E-state index contributed by atoms with van der Waals surface area (Å²) >= 11 is 0. The van der Waals surface area contributed by atoms with E-state index >= 15 is 4.39 Å². The van der Waals surface area contributed by atoms with E-state index in [1.54, 1.807) is 6.07 Å². The number of amides is 1. The van der Waals surface area contributed by atoms with Crippen molar-refractivity contribution in [3.8, 4) is 0 Å². The summed E-state index contributed by atoms with van der Waals surface area (Å²) in [5, 5.41) is 6.29. The number of carbonyl (C=O) groups is 1. The highest BCUT2D eigenvalue weighted by molar-refractivity contribution is 5.92. The number of ether oxygens (including phenoxy) is 1. The Bertz CT molecular complexity index is 1680. The summed E-state index contributed by atoms with van der Waals surface area (Å²) in [6, 6.07) is 19.4. The maximum Gasteiger partial charge on any atom is 0.225 e. The molecule has 10 heteroatoms. The second kappa shape index (κ2) is 12.8. The lowest BCUT2D eigenvalue weighted by atomic mass is 9.88. The van der Waals surface area contributed by atoms with Crippen LogP contribution < -0.4 is 10.6 Å². The molecule has 2 aromatic heterocycles. The molecule has 1 aliphatic heterocycles. The molecule has 3 atom stereocenters. The van der Waals surface area contributed by atoms with Crippen molar-refractivity contribution in [1.29, 1.82) is 0 Å². The van der Waals surface area contributed by atoms with Crippen molar-refractivity contribution in [1.82, 2.24) is 20.3 Å².